The third-order valence-electron chi connectivity index (χ3n) is 3.97. The molecule has 90 valence electrons. The number of hydrogen-bond acceptors (Lipinski definition) is 2. The van der Waals surface area contributed by atoms with E-state index in [1.54, 1.807) is 6.07 Å². The molecule has 0 N–H and O–H groups in total. The van der Waals surface area contributed by atoms with Crippen LogP contribution in [0.25, 0.3) is 0 Å². The number of anilines is 1. The first kappa shape index (κ1) is 12.3. The fraction of sp³-hybridized carbons (Fsp3) is 0.500. The smallest absolute Gasteiger partial charge is 0.0992 e. The lowest BCUT2D eigenvalue weighted by molar-refractivity contribution is 0.194. The van der Waals surface area contributed by atoms with Crippen molar-refractivity contribution in [3.05, 3.63) is 28.8 Å². The Morgan fingerprint density at radius 3 is 2.47 bits per heavy atom. The quantitative estimate of drug-likeness (QED) is 0.813. The monoisotopic (exact) mass is 248 g/mol. The molecule has 0 aromatic heterocycles. The van der Waals surface area contributed by atoms with Gasteiger partial charge in [-0.25, -0.2) is 0 Å². The molecule has 1 aromatic rings. The molecule has 1 aliphatic rings. The summed E-state index contributed by atoms with van der Waals surface area (Å²) in [4.78, 5) is 2.30. The molecule has 2 nitrogen and oxygen atoms in total. The Kier molecular flexibility index (Phi) is 3.31. The molecule has 0 unspecified atom stereocenters. The van der Waals surface area contributed by atoms with Crippen molar-refractivity contribution < 1.29 is 0 Å². The van der Waals surface area contributed by atoms with Gasteiger partial charge in [-0.1, -0.05) is 25.4 Å². The van der Waals surface area contributed by atoms with E-state index in [-0.39, 0.29) is 0 Å². The normalized spacial score (nSPS) is 17.4. The van der Waals surface area contributed by atoms with Gasteiger partial charge in [0.15, 0.2) is 0 Å². The average molecular weight is 249 g/mol. The second-order valence-electron chi connectivity index (χ2n) is 4.84. The van der Waals surface area contributed by atoms with Crippen molar-refractivity contribution in [2.24, 2.45) is 5.41 Å². The van der Waals surface area contributed by atoms with Gasteiger partial charge in [-0.05, 0) is 31.0 Å². The summed E-state index contributed by atoms with van der Waals surface area (Å²) < 4.78 is 0. The number of benzene rings is 1. The maximum atomic E-state index is 8.80. The molecule has 17 heavy (non-hydrogen) atoms. The first-order valence-corrected chi connectivity index (χ1v) is 6.46. The number of nitrogens with zero attached hydrogens (tertiary/aromatic N) is 2. The van der Waals surface area contributed by atoms with Gasteiger partial charge in [0.05, 0.1) is 22.3 Å². The molecule has 0 aliphatic carbocycles. The third-order valence-corrected chi connectivity index (χ3v) is 4.27. The number of halogens is 1. The average Bonchev–Trinajstić information content (AvgIpc) is 2.30. The van der Waals surface area contributed by atoms with E-state index in [9.17, 15) is 0 Å². The molecular formula is C14H17ClN2. The van der Waals surface area contributed by atoms with Gasteiger partial charge in [-0.2, -0.15) is 5.26 Å². The Labute approximate surface area is 108 Å². The molecular weight excluding hydrogens is 232 g/mol. The fourth-order valence-corrected chi connectivity index (χ4v) is 2.76. The molecule has 1 heterocycles. The van der Waals surface area contributed by atoms with Crippen LogP contribution in [0.3, 0.4) is 0 Å². The Bertz CT molecular complexity index is 450. The molecule has 1 saturated heterocycles. The highest BCUT2D eigenvalue weighted by Crippen LogP contribution is 2.42. The van der Waals surface area contributed by atoms with Crippen LogP contribution in [0.1, 0.15) is 32.3 Å². The molecule has 1 fully saturated rings. The van der Waals surface area contributed by atoms with Crippen LogP contribution in [0.4, 0.5) is 5.69 Å². The van der Waals surface area contributed by atoms with Crippen molar-refractivity contribution in [3.63, 3.8) is 0 Å². The van der Waals surface area contributed by atoms with E-state index in [2.05, 4.69) is 24.8 Å². The van der Waals surface area contributed by atoms with Gasteiger partial charge >= 0.3 is 0 Å². The van der Waals surface area contributed by atoms with Gasteiger partial charge in [0, 0.05) is 18.5 Å². The maximum absolute atomic E-state index is 8.80. The molecule has 1 aromatic carbocycles. The second-order valence-corrected chi connectivity index (χ2v) is 5.25. The van der Waals surface area contributed by atoms with Crippen molar-refractivity contribution in [1.82, 2.24) is 0 Å². The van der Waals surface area contributed by atoms with Gasteiger partial charge in [0.25, 0.3) is 0 Å². The van der Waals surface area contributed by atoms with Crippen molar-refractivity contribution in [3.8, 4) is 6.07 Å². The van der Waals surface area contributed by atoms with Gasteiger partial charge in [-0.3, -0.25) is 0 Å². The minimum Gasteiger partial charge on any atom is -0.369 e. The molecule has 0 radical (unpaired) electrons. The summed E-state index contributed by atoms with van der Waals surface area (Å²) in [6.07, 6.45) is 2.43. The van der Waals surface area contributed by atoms with Crippen LogP contribution in [0.15, 0.2) is 18.2 Å². The Hall–Kier alpha value is -1.20. The van der Waals surface area contributed by atoms with Crippen molar-refractivity contribution >= 4 is 17.3 Å². The first-order chi connectivity index (χ1) is 8.14. The SMILES string of the molecule is CCC1(CC)CN(c2ccc(C#N)cc2Cl)C1. The summed E-state index contributed by atoms with van der Waals surface area (Å²) in [5, 5.41) is 9.48. The van der Waals surface area contributed by atoms with Gasteiger partial charge in [0.2, 0.25) is 0 Å². The summed E-state index contributed by atoms with van der Waals surface area (Å²) in [7, 11) is 0. The van der Waals surface area contributed by atoms with Crippen LogP contribution in [-0.4, -0.2) is 13.1 Å². The molecule has 1 aliphatic heterocycles. The zero-order valence-corrected chi connectivity index (χ0v) is 11.1. The Morgan fingerprint density at radius 1 is 1.35 bits per heavy atom. The summed E-state index contributed by atoms with van der Waals surface area (Å²) in [5.74, 6) is 0. The van der Waals surface area contributed by atoms with E-state index < -0.39 is 0 Å². The topological polar surface area (TPSA) is 27.0 Å². The molecule has 0 amide bonds. The number of rotatable bonds is 3. The van der Waals surface area contributed by atoms with Gasteiger partial charge < -0.3 is 4.90 Å². The standard InChI is InChI=1S/C14H17ClN2/c1-3-14(4-2)9-17(10-14)13-6-5-11(8-16)7-12(13)15/h5-7H,3-4,9-10H2,1-2H3. The minimum absolute atomic E-state index is 0.469. The predicted molar refractivity (Wildman–Crippen MR) is 71.4 cm³/mol. The van der Waals surface area contributed by atoms with Crippen LogP contribution >= 0.6 is 11.6 Å². The third kappa shape index (κ3) is 2.12. The van der Waals surface area contributed by atoms with Gasteiger partial charge in [-0.15, -0.1) is 0 Å². The summed E-state index contributed by atoms with van der Waals surface area (Å²) >= 11 is 6.20. The predicted octanol–water partition coefficient (Wildman–Crippen LogP) is 3.84. The van der Waals surface area contributed by atoms with E-state index in [0.29, 0.717) is 16.0 Å². The lowest BCUT2D eigenvalue weighted by atomic mass is 9.75. The highest BCUT2D eigenvalue weighted by atomic mass is 35.5. The first-order valence-electron chi connectivity index (χ1n) is 6.09. The van der Waals surface area contributed by atoms with E-state index >= 15 is 0 Å². The second kappa shape index (κ2) is 4.58. The molecule has 0 bridgehead atoms. The fourth-order valence-electron chi connectivity index (χ4n) is 2.46. The lowest BCUT2D eigenvalue weighted by Gasteiger charge is -2.51. The van der Waals surface area contributed by atoms with Gasteiger partial charge in [0.1, 0.15) is 0 Å². The van der Waals surface area contributed by atoms with E-state index in [1.165, 1.54) is 12.8 Å². The zero-order valence-electron chi connectivity index (χ0n) is 10.3. The highest BCUT2D eigenvalue weighted by molar-refractivity contribution is 6.33. The van der Waals surface area contributed by atoms with E-state index in [1.807, 2.05) is 12.1 Å². The van der Waals surface area contributed by atoms with E-state index in [0.717, 1.165) is 18.8 Å². The van der Waals surface area contributed by atoms with Crippen molar-refractivity contribution in [1.29, 1.82) is 5.26 Å². The minimum atomic E-state index is 0.469. The van der Waals surface area contributed by atoms with E-state index in [4.69, 9.17) is 16.9 Å². The van der Waals surface area contributed by atoms with Crippen LogP contribution in [0.2, 0.25) is 5.02 Å². The van der Waals surface area contributed by atoms with Crippen LogP contribution in [-0.2, 0) is 0 Å². The highest BCUT2D eigenvalue weighted by Gasteiger charge is 2.40. The summed E-state index contributed by atoms with van der Waals surface area (Å²) in [6.45, 7) is 6.65. The largest absolute Gasteiger partial charge is 0.369 e. The molecule has 2 rings (SSSR count). The molecule has 0 saturated carbocycles. The molecule has 0 spiro atoms. The Balaban J connectivity index is 2.14. The number of hydrogen-bond donors (Lipinski definition) is 0. The summed E-state index contributed by atoms with van der Waals surface area (Å²) in [5.41, 5.74) is 2.15. The van der Waals surface area contributed by atoms with Crippen LogP contribution in [0.5, 0.6) is 0 Å². The van der Waals surface area contributed by atoms with Crippen LogP contribution < -0.4 is 4.90 Å². The Morgan fingerprint density at radius 2 is 2.00 bits per heavy atom. The number of nitriles is 1. The summed E-state index contributed by atoms with van der Waals surface area (Å²) in [6, 6.07) is 7.64. The zero-order chi connectivity index (χ0) is 12.5. The lowest BCUT2D eigenvalue weighted by Crippen LogP contribution is -2.56. The molecule has 3 heteroatoms. The van der Waals surface area contributed by atoms with Crippen LogP contribution in [0, 0.1) is 16.7 Å². The van der Waals surface area contributed by atoms with Crippen molar-refractivity contribution in [2.45, 2.75) is 26.7 Å². The van der Waals surface area contributed by atoms with Crippen molar-refractivity contribution in [2.75, 3.05) is 18.0 Å². The molecule has 0 atom stereocenters. The maximum Gasteiger partial charge on any atom is 0.0992 e.